The fourth-order valence-electron chi connectivity index (χ4n) is 3.15. The van der Waals surface area contributed by atoms with E-state index in [1.165, 1.54) is 32.1 Å². The molecule has 1 fully saturated rings. The Morgan fingerprint density at radius 2 is 2.06 bits per heavy atom. The summed E-state index contributed by atoms with van der Waals surface area (Å²) in [7, 11) is 0. The highest BCUT2D eigenvalue weighted by molar-refractivity contribution is 4.95. The van der Waals surface area contributed by atoms with Gasteiger partial charge in [-0.2, -0.15) is 0 Å². The van der Waals surface area contributed by atoms with Crippen molar-refractivity contribution in [3.8, 4) is 0 Å². The van der Waals surface area contributed by atoms with E-state index in [1.54, 1.807) is 0 Å². The van der Waals surface area contributed by atoms with Gasteiger partial charge in [0.15, 0.2) is 0 Å². The smallest absolute Gasteiger partial charge is 0.111 e. The van der Waals surface area contributed by atoms with Crippen molar-refractivity contribution in [3.05, 3.63) is 18.2 Å². The van der Waals surface area contributed by atoms with Crippen molar-refractivity contribution >= 4 is 0 Å². The van der Waals surface area contributed by atoms with Gasteiger partial charge in [-0.05, 0) is 31.6 Å². The van der Waals surface area contributed by atoms with Gasteiger partial charge < -0.3 is 9.67 Å². The largest absolute Gasteiger partial charge is 0.392 e. The van der Waals surface area contributed by atoms with Crippen molar-refractivity contribution in [2.75, 3.05) is 0 Å². The number of aryl methyl sites for hydroxylation is 1. The molecule has 1 aromatic heterocycles. The average Bonchev–Trinajstić information content (AvgIpc) is 2.86. The van der Waals surface area contributed by atoms with Crippen LogP contribution in [-0.2, 0) is 13.0 Å². The van der Waals surface area contributed by atoms with Gasteiger partial charge in [0.1, 0.15) is 5.82 Å². The van der Waals surface area contributed by atoms with Gasteiger partial charge in [-0.1, -0.05) is 26.2 Å². The van der Waals surface area contributed by atoms with E-state index in [0.717, 1.165) is 18.3 Å². The maximum atomic E-state index is 10.4. The first-order valence-electron chi connectivity index (χ1n) is 7.42. The van der Waals surface area contributed by atoms with Crippen molar-refractivity contribution in [2.24, 2.45) is 11.8 Å². The van der Waals surface area contributed by atoms with Crippen LogP contribution in [0, 0.1) is 11.8 Å². The molecule has 1 N–H and O–H groups in total. The molecule has 0 radical (unpaired) electrons. The zero-order valence-electron chi connectivity index (χ0n) is 11.7. The molecule has 3 heteroatoms. The number of aromatic nitrogens is 2. The maximum Gasteiger partial charge on any atom is 0.111 e. The summed E-state index contributed by atoms with van der Waals surface area (Å²) >= 11 is 0. The first-order valence-corrected chi connectivity index (χ1v) is 7.42. The van der Waals surface area contributed by atoms with Crippen LogP contribution in [0.4, 0.5) is 0 Å². The van der Waals surface area contributed by atoms with E-state index in [9.17, 15) is 5.11 Å². The standard InChI is InChI=1S/C15H26N2O/c1-3-12-5-7-13(8-6-12)14(18)11-15-16-9-10-17(15)4-2/h9-10,12-14,18H,3-8,11H2,1-2H3. The summed E-state index contributed by atoms with van der Waals surface area (Å²) in [6, 6.07) is 0. The zero-order chi connectivity index (χ0) is 13.0. The van der Waals surface area contributed by atoms with E-state index in [-0.39, 0.29) is 6.10 Å². The van der Waals surface area contributed by atoms with E-state index >= 15 is 0 Å². The van der Waals surface area contributed by atoms with Crippen molar-refractivity contribution < 1.29 is 5.11 Å². The second-order valence-corrected chi connectivity index (χ2v) is 5.59. The van der Waals surface area contributed by atoms with Gasteiger partial charge >= 0.3 is 0 Å². The third-order valence-corrected chi connectivity index (χ3v) is 4.55. The molecule has 1 aliphatic carbocycles. The van der Waals surface area contributed by atoms with Crippen LogP contribution in [0.2, 0.25) is 0 Å². The Balaban J connectivity index is 1.87. The SMILES string of the molecule is CCC1CCC(C(O)Cc2nccn2CC)CC1. The molecule has 1 aliphatic rings. The van der Waals surface area contributed by atoms with Crippen LogP contribution in [0.5, 0.6) is 0 Å². The number of nitrogens with zero attached hydrogens (tertiary/aromatic N) is 2. The molecule has 1 atom stereocenters. The molecular weight excluding hydrogens is 224 g/mol. The number of imidazole rings is 1. The summed E-state index contributed by atoms with van der Waals surface area (Å²) in [6.07, 6.45) is 10.6. The van der Waals surface area contributed by atoms with Gasteiger partial charge in [-0.15, -0.1) is 0 Å². The highest BCUT2D eigenvalue weighted by Gasteiger charge is 2.26. The summed E-state index contributed by atoms with van der Waals surface area (Å²) in [5.41, 5.74) is 0. The van der Waals surface area contributed by atoms with Crippen LogP contribution in [0.3, 0.4) is 0 Å². The Kier molecular flexibility index (Phi) is 4.81. The summed E-state index contributed by atoms with van der Waals surface area (Å²) < 4.78 is 2.13. The number of aliphatic hydroxyl groups excluding tert-OH is 1. The Morgan fingerprint density at radius 3 is 2.67 bits per heavy atom. The van der Waals surface area contributed by atoms with E-state index in [1.807, 2.05) is 12.4 Å². The molecule has 2 rings (SSSR count). The normalized spacial score (nSPS) is 26.2. The molecule has 0 aliphatic heterocycles. The minimum atomic E-state index is -0.212. The van der Waals surface area contributed by atoms with Crippen LogP contribution in [0.1, 0.15) is 51.8 Å². The maximum absolute atomic E-state index is 10.4. The second-order valence-electron chi connectivity index (χ2n) is 5.59. The predicted octanol–water partition coefficient (Wildman–Crippen LogP) is 3.02. The fraction of sp³-hybridized carbons (Fsp3) is 0.800. The van der Waals surface area contributed by atoms with Crippen molar-refractivity contribution in [1.82, 2.24) is 9.55 Å². The van der Waals surface area contributed by atoms with Crippen molar-refractivity contribution in [1.29, 1.82) is 0 Å². The molecule has 0 bridgehead atoms. The summed E-state index contributed by atoms with van der Waals surface area (Å²) in [4.78, 5) is 4.36. The van der Waals surface area contributed by atoms with Crippen LogP contribution in [0.15, 0.2) is 12.4 Å². The van der Waals surface area contributed by atoms with Gasteiger partial charge in [0.2, 0.25) is 0 Å². The van der Waals surface area contributed by atoms with E-state index in [0.29, 0.717) is 12.3 Å². The predicted molar refractivity (Wildman–Crippen MR) is 73.4 cm³/mol. The molecule has 1 aromatic rings. The third-order valence-electron chi connectivity index (χ3n) is 4.55. The molecule has 0 amide bonds. The second kappa shape index (κ2) is 6.37. The number of aliphatic hydroxyl groups is 1. The van der Waals surface area contributed by atoms with Crippen molar-refractivity contribution in [3.63, 3.8) is 0 Å². The average molecular weight is 250 g/mol. The lowest BCUT2D eigenvalue weighted by atomic mass is 9.78. The molecule has 1 saturated carbocycles. The number of hydrogen-bond acceptors (Lipinski definition) is 2. The zero-order valence-corrected chi connectivity index (χ0v) is 11.7. The number of hydrogen-bond donors (Lipinski definition) is 1. The summed E-state index contributed by atoms with van der Waals surface area (Å²) in [5.74, 6) is 2.41. The Bertz CT molecular complexity index is 353. The molecule has 1 unspecified atom stereocenters. The molecule has 0 aromatic carbocycles. The summed E-state index contributed by atoms with van der Waals surface area (Å²) in [5, 5.41) is 10.4. The molecule has 3 nitrogen and oxygen atoms in total. The highest BCUT2D eigenvalue weighted by Crippen LogP contribution is 2.33. The van der Waals surface area contributed by atoms with Crippen LogP contribution < -0.4 is 0 Å². The molecule has 0 saturated heterocycles. The number of rotatable bonds is 5. The van der Waals surface area contributed by atoms with Gasteiger partial charge in [0.05, 0.1) is 6.10 Å². The van der Waals surface area contributed by atoms with E-state index in [2.05, 4.69) is 23.4 Å². The Morgan fingerprint density at radius 1 is 1.33 bits per heavy atom. The van der Waals surface area contributed by atoms with Gasteiger partial charge in [0.25, 0.3) is 0 Å². The molecule has 1 heterocycles. The van der Waals surface area contributed by atoms with Crippen LogP contribution in [0.25, 0.3) is 0 Å². The van der Waals surface area contributed by atoms with Gasteiger partial charge in [-0.25, -0.2) is 4.98 Å². The molecule has 102 valence electrons. The highest BCUT2D eigenvalue weighted by atomic mass is 16.3. The van der Waals surface area contributed by atoms with Crippen LogP contribution in [-0.4, -0.2) is 20.8 Å². The topological polar surface area (TPSA) is 38.1 Å². The fourth-order valence-corrected chi connectivity index (χ4v) is 3.15. The monoisotopic (exact) mass is 250 g/mol. The quantitative estimate of drug-likeness (QED) is 0.872. The van der Waals surface area contributed by atoms with E-state index in [4.69, 9.17) is 0 Å². The molecule has 0 spiro atoms. The minimum absolute atomic E-state index is 0.212. The Labute approximate surface area is 110 Å². The first-order chi connectivity index (χ1) is 8.74. The lowest BCUT2D eigenvalue weighted by molar-refractivity contribution is 0.0713. The minimum Gasteiger partial charge on any atom is -0.392 e. The third kappa shape index (κ3) is 3.14. The summed E-state index contributed by atoms with van der Waals surface area (Å²) in [6.45, 7) is 5.33. The van der Waals surface area contributed by atoms with E-state index < -0.39 is 0 Å². The molecule has 18 heavy (non-hydrogen) atoms. The lowest BCUT2D eigenvalue weighted by Crippen LogP contribution is -2.28. The first kappa shape index (κ1) is 13.6. The van der Waals surface area contributed by atoms with Gasteiger partial charge in [-0.3, -0.25) is 0 Å². The van der Waals surface area contributed by atoms with Crippen molar-refractivity contribution in [2.45, 2.75) is 65.0 Å². The van der Waals surface area contributed by atoms with Crippen LogP contribution >= 0.6 is 0 Å². The molecular formula is C15H26N2O. The van der Waals surface area contributed by atoms with Gasteiger partial charge in [0, 0.05) is 25.4 Å². The lowest BCUT2D eigenvalue weighted by Gasteiger charge is -2.31. The Hall–Kier alpha value is -0.830.